The third kappa shape index (κ3) is 5.88. The number of carbonyl (C=O) groups excluding carboxylic acids is 1. The Balaban J connectivity index is 1.15. The van der Waals surface area contributed by atoms with Gasteiger partial charge in [0.15, 0.2) is 5.16 Å². The fourth-order valence-electron chi connectivity index (χ4n) is 5.89. The molecule has 1 aromatic heterocycles. The lowest BCUT2D eigenvalue weighted by molar-refractivity contribution is -0.137. The summed E-state index contributed by atoms with van der Waals surface area (Å²) < 4.78 is 40.7. The van der Waals surface area contributed by atoms with Gasteiger partial charge < -0.3 is 10.2 Å². The molecule has 6 rings (SSSR count). The molecule has 3 aliphatic rings. The van der Waals surface area contributed by atoms with Crippen LogP contribution in [0.3, 0.4) is 0 Å². The number of amides is 1. The van der Waals surface area contributed by atoms with E-state index in [2.05, 4.69) is 17.9 Å². The molecular formula is C31H33F3N4O2S2. The molecule has 222 valence electrons. The van der Waals surface area contributed by atoms with Crippen LogP contribution in [-0.2, 0) is 29.5 Å². The first-order valence-electron chi connectivity index (χ1n) is 14.4. The molecule has 2 aliphatic carbocycles. The van der Waals surface area contributed by atoms with Gasteiger partial charge in [-0.3, -0.25) is 14.2 Å². The van der Waals surface area contributed by atoms with Gasteiger partial charge in [0, 0.05) is 41.6 Å². The molecule has 0 atom stereocenters. The Labute approximate surface area is 252 Å². The molecule has 0 radical (unpaired) electrons. The van der Waals surface area contributed by atoms with Crippen molar-refractivity contribution in [2.45, 2.75) is 84.9 Å². The summed E-state index contributed by atoms with van der Waals surface area (Å²) in [6.07, 6.45) is 2.39. The zero-order chi connectivity index (χ0) is 29.5. The predicted molar refractivity (Wildman–Crippen MR) is 159 cm³/mol. The summed E-state index contributed by atoms with van der Waals surface area (Å²) in [5.41, 5.74) is 1.62. The molecule has 1 aliphatic heterocycles. The smallest absolute Gasteiger partial charge is 0.338 e. The van der Waals surface area contributed by atoms with Gasteiger partial charge in [-0.25, -0.2) is 4.98 Å². The molecule has 2 aromatic carbocycles. The number of hydrogen-bond donors (Lipinski definition) is 2. The minimum atomic E-state index is -4.37. The van der Waals surface area contributed by atoms with E-state index in [1.807, 2.05) is 24.3 Å². The highest BCUT2D eigenvalue weighted by molar-refractivity contribution is 7.99. The van der Waals surface area contributed by atoms with Gasteiger partial charge in [-0.1, -0.05) is 36.4 Å². The molecule has 42 heavy (non-hydrogen) atoms. The number of rotatable bonds is 8. The molecule has 1 amide bonds. The maximum absolute atomic E-state index is 13.9. The highest BCUT2D eigenvalue weighted by Crippen LogP contribution is 2.42. The fourth-order valence-corrected chi connectivity index (χ4v) is 7.43. The first-order chi connectivity index (χ1) is 20.1. The average molecular weight is 615 g/mol. The summed E-state index contributed by atoms with van der Waals surface area (Å²) in [5, 5.41) is 4.61. The molecule has 0 bridgehead atoms. The molecule has 3 aromatic rings. The van der Waals surface area contributed by atoms with Gasteiger partial charge in [0.2, 0.25) is 5.91 Å². The van der Waals surface area contributed by atoms with E-state index in [-0.39, 0.29) is 24.4 Å². The lowest BCUT2D eigenvalue weighted by Crippen LogP contribution is -2.49. The fraction of sp³-hybridized carbons (Fsp3) is 0.452. The number of thioether (sulfide) groups is 1. The van der Waals surface area contributed by atoms with Crippen LogP contribution in [0.5, 0.6) is 0 Å². The molecule has 1 N–H and O–H groups in total. The van der Waals surface area contributed by atoms with E-state index >= 15 is 0 Å². The van der Waals surface area contributed by atoms with Crippen molar-refractivity contribution in [3.63, 3.8) is 0 Å². The highest BCUT2D eigenvalue weighted by Gasteiger charge is 2.39. The Bertz CT molecular complexity index is 1530. The second-order valence-corrected chi connectivity index (χ2v) is 13.2. The van der Waals surface area contributed by atoms with Gasteiger partial charge in [0.25, 0.3) is 5.56 Å². The van der Waals surface area contributed by atoms with Crippen LogP contribution in [0.4, 0.5) is 13.2 Å². The largest absolute Gasteiger partial charge is 0.416 e. The Morgan fingerprint density at radius 2 is 1.88 bits per heavy atom. The topological polar surface area (TPSA) is 67.2 Å². The van der Waals surface area contributed by atoms with Crippen LogP contribution in [-0.4, -0.2) is 38.7 Å². The van der Waals surface area contributed by atoms with Crippen LogP contribution in [0, 0.1) is 0 Å². The van der Waals surface area contributed by atoms with Crippen LogP contribution < -0.4 is 10.9 Å². The van der Waals surface area contributed by atoms with Crippen molar-refractivity contribution in [2.75, 3.05) is 13.1 Å². The van der Waals surface area contributed by atoms with E-state index in [1.54, 1.807) is 21.2 Å². The van der Waals surface area contributed by atoms with Gasteiger partial charge in [-0.2, -0.15) is 13.2 Å². The lowest BCUT2D eigenvalue weighted by Gasteiger charge is -2.43. The van der Waals surface area contributed by atoms with E-state index in [9.17, 15) is 22.8 Å². The predicted octanol–water partition coefficient (Wildman–Crippen LogP) is 6.13. The van der Waals surface area contributed by atoms with Crippen molar-refractivity contribution in [1.29, 1.82) is 0 Å². The Hall–Kier alpha value is -2.76. The maximum atomic E-state index is 13.9. The summed E-state index contributed by atoms with van der Waals surface area (Å²) in [7, 11) is 0. The van der Waals surface area contributed by atoms with Gasteiger partial charge in [-0.05, 0) is 68.0 Å². The van der Waals surface area contributed by atoms with E-state index in [0.717, 1.165) is 60.4 Å². The van der Waals surface area contributed by atoms with E-state index < -0.39 is 17.3 Å². The Morgan fingerprint density at radius 3 is 2.50 bits per heavy atom. The molecule has 0 saturated heterocycles. The quantitative estimate of drug-likeness (QED) is 0.236. The highest BCUT2D eigenvalue weighted by atomic mass is 32.2. The van der Waals surface area contributed by atoms with Crippen molar-refractivity contribution in [1.82, 2.24) is 19.8 Å². The van der Waals surface area contributed by atoms with Crippen LogP contribution >= 0.6 is 24.4 Å². The monoisotopic (exact) mass is 614 g/mol. The van der Waals surface area contributed by atoms with E-state index in [4.69, 9.17) is 4.98 Å². The molecule has 6 nitrogen and oxygen atoms in total. The number of nitrogens with zero attached hydrogens (tertiary/aromatic N) is 3. The van der Waals surface area contributed by atoms with Crippen molar-refractivity contribution < 1.29 is 18.0 Å². The Kier molecular flexibility index (Phi) is 8.19. The Morgan fingerprint density at radius 1 is 1.12 bits per heavy atom. The number of carbonyl (C=O) groups is 1. The van der Waals surface area contributed by atoms with E-state index in [0.29, 0.717) is 41.2 Å². The number of halogens is 3. The minimum absolute atomic E-state index is 0.0636. The molecular weight excluding hydrogens is 581 g/mol. The van der Waals surface area contributed by atoms with Crippen LogP contribution in [0.15, 0.2) is 63.4 Å². The summed E-state index contributed by atoms with van der Waals surface area (Å²) in [5.74, 6) is -0.0636. The first kappa shape index (κ1) is 29.3. The number of aromatic nitrogens is 2. The van der Waals surface area contributed by atoms with Crippen LogP contribution in [0.25, 0.3) is 5.69 Å². The van der Waals surface area contributed by atoms with Gasteiger partial charge in [0.05, 0.1) is 29.1 Å². The molecule has 2 saturated carbocycles. The second kappa shape index (κ2) is 11.7. The number of alkyl halides is 3. The summed E-state index contributed by atoms with van der Waals surface area (Å²) in [6.45, 7) is 1.10. The van der Waals surface area contributed by atoms with Crippen LogP contribution in [0.1, 0.15) is 67.3 Å². The lowest BCUT2D eigenvalue weighted by atomic mass is 9.71. The van der Waals surface area contributed by atoms with Crippen molar-refractivity contribution in [3.8, 4) is 5.69 Å². The molecule has 2 heterocycles. The van der Waals surface area contributed by atoms with Gasteiger partial charge in [0.1, 0.15) is 0 Å². The molecule has 0 spiro atoms. The maximum Gasteiger partial charge on any atom is 0.416 e. The standard InChI is InChI=1S/C31H33F3N4O2S2/c32-31(33,34)21-10-8-20(9-11-21)30(14-3-15-30)35-16-12-27(39)37-17-13-26-25(19-37)28(40)38(22-4-1-5-23(41)18-22)29(36-26)42-24-6-2-7-24/h1,4-5,8-11,18,24,35,41H,2-3,6-7,12-17,19H2. The number of hydrogen-bond acceptors (Lipinski definition) is 6. The van der Waals surface area contributed by atoms with Crippen molar-refractivity contribution in [3.05, 3.63) is 81.3 Å². The minimum Gasteiger partial charge on any atom is -0.338 e. The van der Waals surface area contributed by atoms with Gasteiger partial charge in [-0.15, -0.1) is 12.6 Å². The summed E-state index contributed by atoms with van der Waals surface area (Å²) >= 11 is 6.12. The third-order valence-electron chi connectivity index (χ3n) is 8.74. The average Bonchev–Trinajstić information content (AvgIpc) is 2.91. The van der Waals surface area contributed by atoms with Gasteiger partial charge >= 0.3 is 6.18 Å². The summed E-state index contributed by atoms with van der Waals surface area (Å²) in [6, 6.07) is 12.8. The number of fused-ring (bicyclic) bond motifs is 1. The normalized spacial score (nSPS) is 18.2. The van der Waals surface area contributed by atoms with E-state index in [1.165, 1.54) is 18.6 Å². The molecule has 11 heteroatoms. The zero-order valence-corrected chi connectivity index (χ0v) is 24.8. The zero-order valence-electron chi connectivity index (χ0n) is 23.1. The van der Waals surface area contributed by atoms with Crippen molar-refractivity contribution in [2.24, 2.45) is 0 Å². The van der Waals surface area contributed by atoms with Crippen molar-refractivity contribution >= 4 is 30.3 Å². The molecule has 2 fully saturated rings. The SMILES string of the molecule is O=C(CCNC1(c2ccc(C(F)(F)F)cc2)CCC1)N1CCc2nc(SC3CCC3)n(-c3cccc(S)c3)c(=O)c2C1. The molecule has 0 unspecified atom stereocenters. The third-order valence-corrected chi connectivity index (χ3v) is 10.3. The first-order valence-corrected chi connectivity index (χ1v) is 15.8. The second-order valence-electron chi connectivity index (χ2n) is 11.4. The number of thiol groups is 1. The number of benzene rings is 2. The summed E-state index contributed by atoms with van der Waals surface area (Å²) in [4.78, 5) is 34.6. The number of nitrogens with one attached hydrogen (secondary N) is 1. The van der Waals surface area contributed by atoms with Crippen LogP contribution in [0.2, 0.25) is 0 Å².